The molecule has 0 aromatic heterocycles. The smallest absolute Gasteiger partial charge is 0.228 e. The average molecular weight is 94.1 g/mol. The molecule has 7 heavy (non-hydrogen) atoms. The van der Waals surface area contributed by atoms with Crippen LogP contribution in [0.2, 0.25) is 0 Å². The van der Waals surface area contributed by atoms with Crippen molar-refractivity contribution in [2.24, 2.45) is 0 Å². The molecule has 0 amide bonds. The molecule has 0 bridgehead atoms. The number of ketones is 1. The highest BCUT2D eigenvalue weighted by molar-refractivity contribution is 6.03. The molecule has 0 spiro atoms. The predicted molar refractivity (Wildman–Crippen MR) is 28.7 cm³/mol. The summed E-state index contributed by atoms with van der Waals surface area (Å²) in [6.07, 6.45) is 7.67. The Labute approximate surface area is 43.0 Å². The zero-order valence-electron chi connectivity index (χ0n) is 4.14. The van der Waals surface area contributed by atoms with Crippen LogP contribution in [-0.2, 0) is 4.79 Å². The minimum Gasteiger partial charge on any atom is -0.280 e. The van der Waals surface area contributed by atoms with Gasteiger partial charge in [0.25, 0.3) is 0 Å². The Bertz CT molecular complexity index is 126. The predicted octanol–water partition coefficient (Wildman–Crippen LogP) is 0.765. The number of rotatable bonds is 1. The summed E-state index contributed by atoms with van der Waals surface area (Å²) in [5, 5.41) is 0. The Morgan fingerprint density at radius 2 is 2.43 bits per heavy atom. The number of terminal acetylenes is 1. The van der Waals surface area contributed by atoms with Gasteiger partial charge >= 0.3 is 0 Å². The maximum Gasteiger partial charge on any atom is 0.228 e. The van der Waals surface area contributed by atoms with Gasteiger partial charge in [-0.15, -0.1) is 6.42 Å². The summed E-state index contributed by atoms with van der Waals surface area (Å²) in [7, 11) is 0. The largest absolute Gasteiger partial charge is 0.280 e. The van der Waals surface area contributed by atoms with E-state index in [0.29, 0.717) is 0 Å². The Balaban J connectivity index is 3.66. The van der Waals surface area contributed by atoms with Crippen LogP contribution in [0.1, 0.15) is 6.92 Å². The second-order valence-electron chi connectivity index (χ2n) is 1.01. The van der Waals surface area contributed by atoms with Crippen molar-refractivity contribution in [2.75, 3.05) is 0 Å². The highest BCUT2D eigenvalue weighted by atomic mass is 16.1. The Morgan fingerprint density at radius 3 is 2.57 bits per heavy atom. The minimum atomic E-state index is -0.275. The molecule has 0 aromatic carbocycles. The third-order valence-corrected chi connectivity index (χ3v) is 0.460. The van der Waals surface area contributed by atoms with Gasteiger partial charge in [0.05, 0.1) is 0 Å². The van der Waals surface area contributed by atoms with Crippen LogP contribution in [0.25, 0.3) is 0 Å². The zero-order valence-corrected chi connectivity index (χ0v) is 4.14. The summed E-state index contributed by atoms with van der Waals surface area (Å²) >= 11 is 0. The van der Waals surface area contributed by atoms with Gasteiger partial charge in [-0.05, 0) is 18.9 Å². The van der Waals surface area contributed by atoms with Crippen LogP contribution in [0, 0.1) is 12.3 Å². The van der Waals surface area contributed by atoms with Crippen molar-refractivity contribution in [3.63, 3.8) is 0 Å². The first-order chi connectivity index (χ1) is 3.31. The molecule has 0 rings (SSSR count). The number of carbonyl (C=O) groups is 1. The molecule has 0 aliphatic carbocycles. The monoisotopic (exact) mass is 94.0 g/mol. The van der Waals surface area contributed by atoms with Crippen molar-refractivity contribution in [3.8, 4) is 12.3 Å². The summed E-state index contributed by atoms with van der Waals surface area (Å²) in [5.74, 6) is 1.66. The molecule has 0 unspecified atom stereocenters. The van der Waals surface area contributed by atoms with Gasteiger partial charge in [-0.3, -0.25) is 4.79 Å². The molecule has 0 atom stereocenters. The molecule has 0 radical (unpaired) electrons. The molecule has 0 aliphatic heterocycles. The quantitative estimate of drug-likeness (QED) is 0.266. The number of allylic oxidation sites excluding steroid dienone is 2. The summed E-state index contributed by atoms with van der Waals surface area (Å²) in [6.45, 7) is 1.75. The van der Waals surface area contributed by atoms with E-state index in [1.807, 2.05) is 5.92 Å². The second kappa shape index (κ2) is 3.17. The summed E-state index contributed by atoms with van der Waals surface area (Å²) in [6, 6.07) is 0. The van der Waals surface area contributed by atoms with Gasteiger partial charge in [0.1, 0.15) is 0 Å². The Morgan fingerprint density at radius 1 is 1.86 bits per heavy atom. The van der Waals surface area contributed by atoms with E-state index in [2.05, 4.69) is 0 Å². The molecular formula is C6H6O. The van der Waals surface area contributed by atoms with Crippen molar-refractivity contribution in [1.29, 1.82) is 0 Å². The van der Waals surface area contributed by atoms with Crippen molar-refractivity contribution in [1.82, 2.24) is 0 Å². The van der Waals surface area contributed by atoms with E-state index in [9.17, 15) is 4.79 Å². The first-order valence-electron chi connectivity index (χ1n) is 1.94. The molecule has 36 valence electrons. The van der Waals surface area contributed by atoms with Gasteiger partial charge in [0.15, 0.2) is 0 Å². The maximum atomic E-state index is 10.1. The van der Waals surface area contributed by atoms with Crippen LogP contribution in [0.15, 0.2) is 12.2 Å². The van der Waals surface area contributed by atoms with Gasteiger partial charge in [-0.25, -0.2) is 0 Å². The maximum absolute atomic E-state index is 10.1. The normalized spacial score (nSPS) is 8.57. The van der Waals surface area contributed by atoms with E-state index in [1.54, 1.807) is 13.0 Å². The van der Waals surface area contributed by atoms with E-state index in [1.165, 1.54) is 6.08 Å². The molecular weight excluding hydrogens is 88.1 g/mol. The van der Waals surface area contributed by atoms with Crippen molar-refractivity contribution in [2.45, 2.75) is 6.92 Å². The van der Waals surface area contributed by atoms with Gasteiger partial charge in [0, 0.05) is 0 Å². The summed E-state index contributed by atoms with van der Waals surface area (Å²) < 4.78 is 0. The lowest BCUT2D eigenvalue weighted by Crippen LogP contribution is -1.81. The lowest BCUT2D eigenvalue weighted by molar-refractivity contribution is -0.109. The molecule has 1 nitrogen and oxygen atoms in total. The van der Waals surface area contributed by atoms with Crippen molar-refractivity contribution in [3.05, 3.63) is 12.2 Å². The molecule has 0 fully saturated rings. The van der Waals surface area contributed by atoms with E-state index < -0.39 is 0 Å². The van der Waals surface area contributed by atoms with Gasteiger partial charge < -0.3 is 0 Å². The first-order valence-corrected chi connectivity index (χ1v) is 1.94. The third-order valence-electron chi connectivity index (χ3n) is 0.460. The topological polar surface area (TPSA) is 17.1 Å². The number of hydrogen-bond acceptors (Lipinski definition) is 1. The molecule has 1 heteroatoms. The van der Waals surface area contributed by atoms with Crippen molar-refractivity contribution < 1.29 is 4.79 Å². The van der Waals surface area contributed by atoms with E-state index >= 15 is 0 Å². The lowest BCUT2D eigenvalue weighted by atomic mass is 10.4. The third kappa shape index (κ3) is 2.78. The van der Waals surface area contributed by atoms with Gasteiger partial charge in [0.2, 0.25) is 5.78 Å². The molecule has 0 aliphatic rings. The highest BCUT2D eigenvalue weighted by Crippen LogP contribution is 1.69. The van der Waals surface area contributed by atoms with Crippen LogP contribution < -0.4 is 0 Å². The fourth-order valence-corrected chi connectivity index (χ4v) is 0.199. The van der Waals surface area contributed by atoms with Crippen LogP contribution >= 0.6 is 0 Å². The number of carbonyl (C=O) groups excluding carboxylic acids is 1. The van der Waals surface area contributed by atoms with Crippen LogP contribution in [-0.4, -0.2) is 5.78 Å². The van der Waals surface area contributed by atoms with E-state index in [-0.39, 0.29) is 5.78 Å². The molecule has 0 N–H and O–H groups in total. The fourth-order valence-electron chi connectivity index (χ4n) is 0.199. The second-order valence-corrected chi connectivity index (χ2v) is 1.01. The SMILES string of the molecule is C#CC(=O)C=CC. The zero-order chi connectivity index (χ0) is 5.70. The first kappa shape index (κ1) is 5.97. The van der Waals surface area contributed by atoms with E-state index in [0.717, 1.165) is 0 Å². The summed E-state index contributed by atoms with van der Waals surface area (Å²) in [4.78, 5) is 10.1. The standard InChI is InChI=1S/C6H6O/c1-3-5-6(7)4-2/h2-3,5H,1H3. The van der Waals surface area contributed by atoms with Crippen LogP contribution in [0.3, 0.4) is 0 Å². The molecule has 0 saturated heterocycles. The molecule has 0 saturated carbocycles. The van der Waals surface area contributed by atoms with Crippen LogP contribution in [0.5, 0.6) is 0 Å². The highest BCUT2D eigenvalue weighted by Gasteiger charge is 1.79. The average Bonchev–Trinajstić information content (AvgIpc) is 1.68. The lowest BCUT2D eigenvalue weighted by Gasteiger charge is -1.68. The fraction of sp³-hybridized carbons (Fsp3) is 0.167. The van der Waals surface area contributed by atoms with Gasteiger partial charge in [-0.2, -0.15) is 0 Å². The Hall–Kier alpha value is -1.03. The number of hydrogen-bond donors (Lipinski definition) is 0. The summed E-state index contributed by atoms with van der Waals surface area (Å²) in [5.41, 5.74) is 0. The van der Waals surface area contributed by atoms with E-state index in [4.69, 9.17) is 6.42 Å². The molecule has 0 aromatic rings. The minimum absolute atomic E-state index is 0.275. The molecule has 0 heterocycles. The van der Waals surface area contributed by atoms with Crippen molar-refractivity contribution >= 4 is 5.78 Å². The van der Waals surface area contributed by atoms with Crippen LogP contribution in [0.4, 0.5) is 0 Å². The Kier molecular flexibility index (Phi) is 2.70. The van der Waals surface area contributed by atoms with Gasteiger partial charge in [-0.1, -0.05) is 6.08 Å².